The van der Waals surface area contributed by atoms with Crippen molar-refractivity contribution < 1.29 is 29.0 Å². The first-order valence-electron chi connectivity index (χ1n) is 6.78. The van der Waals surface area contributed by atoms with Gasteiger partial charge < -0.3 is 25.2 Å². The minimum Gasteiger partial charge on any atom is -0.479 e. The maximum Gasteiger partial charge on any atom is 0.332 e. The lowest BCUT2D eigenvalue weighted by Gasteiger charge is -2.26. The second kappa shape index (κ2) is 7.26. The number of carboxylic acids is 1. The number of hydrogen-bond acceptors (Lipinski definition) is 5. The predicted molar refractivity (Wildman–Crippen MR) is 72.7 cm³/mol. The van der Waals surface area contributed by atoms with Crippen LogP contribution in [0.25, 0.3) is 0 Å². The molecule has 1 aliphatic rings. The van der Waals surface area contributed by atoms with E-state index in [4.69, 9.17) is 4.74 Å². The van der Waals surface area contributed by atoms with E-state index < -0.39 is 29.6 Å². The minimum absolute atomic E-state index is 0.0944. The lowest BCUT2D eigenvalue weighted by Crippen LogP contribution is -2.59. The standard InChI is InChI=1S/C13H22N2O6/c1-8(2)6-9(10(16)20-3)14-12(19)15-13(11(17)18)4-5-21-7-13/h8-9H,4-7H2,1-3H3,(H,17,18)(H2,14,15,19). The summed E-state index contributed by atoms with van der Waals surface area (Å²) in [7, 11) is 1.23. The van der Waals surface area contributed by atoms with Crippen LogP contribution in [0.15, 0.2) is 0 Å². The van der Waals surface area contributed by atoms with Gasteiger partial charge in [0.05, 0.1) is 13.7 Å². The molecule has 0 aromatic carbocycles. The SMILES string of the molecule is COC(=O)C(CC(C)C)NC(=O)NC1(C(=O)O)CCOC1. The highest BCUT2D eigenvalue weighted by Crippen LogP contribution is 2.19. The van der Waals surface area contributed by atoms with E-state index in [-0.39, 0.29) is 25.6 Å². The third-order valence-corrected chi connectivity index (χ3v) is 3.28. The number of methoxy groups -OCH3 is 1. The largest absolute Gasteiger partial charge is 0.479 e. The maximum atomic E-state index is 12.0. The second-order valence-electron chi connectivity index (χ2n) is 5.49. The van der Waals surface area contributed by atoms with E-state index in [0.29, 0.717) is 6.42 Å². The van der Waals surface area contributed by atoms with Gasteiger partial charge in [-0.2, -0.15) is 0 Å². The number of nitrogens with one attached hydrogen (secondary N) is 2. The molecule has 1 fully saturated rings. The van der Waals surface area contributed by atoms with Crippen molar-refractivity contribution in [3.63, 3.8) is 0 Å². The van der Waals surface area contributed by atoms with Crippen LogP contribution in [0.1, 0.15) is 26.7 Å². The molecule has 2 atom stereocenters. The first kappa shape index (κ1) is 17.2. The Kier molecular flexibility index (Phi) is 5.95. The van der Waals surface area contributed by atoms with Crippen LogP contribution in [0, 0.1) is 5.92 Å². The van der Waals surface area contributed by atoms with Gasteiger partial charge in [0, 0.05) is 13.0 Å². The number of urea groups is 1. The Labute approximate surface area is 123 Å². The number of esters is 1. The molecule has 1 aliphatic heterocycles. The summed E-state index contributed by atoms with van der Waals surface area (Å²) < 4.78 is 9.68. The van der Waals surface area contributed by atoms with Crippen LogP contribution in [0.2, 0.25) is 0 Å². The summed E-state index contributed by atoms with van der Waals surface area (Å²) >= 11 is 0. The first-order valence-corrected chi connectivity index (χ1v) is 6.78. The fraction of sp³-hybridized carbons (Fsp3) is 0.769. The van der Waals surface area contributed by atoms with Gasteiger partial charge in [-0.15, -0.1) is 0 Å². The van der Waals surface area contributed by atoms with Crippen molar-refractivity contribution in [1.29, 1.82) is 0 Å². The highest BCUT2D eigenvalue weighted by atomic mass is 16.5. The van der Waals surface area contributed by atoms with E-state index in [1.54, 1.807) is 0 Å². The molecule has 0 aliphatic carbocycles. The van der Waals surface area contributed by atoms with Gasteiger partial charge in [-0.1, -0.05) is 13.8 Å². The van der Waals surface area contributed by atoms with E-state index in [1.165, 1.54) is 7.11 Å². The summed E-state index contributed by atoms with van der Waals surface area (Å²) in [6.45, 7) is 3.97. The molecule has 2 amide bonds. The summed E-state index contributed by atoms with van der Waals surface area (Å²) in [6.07, 6.45) is 0.583. The van der Waals surface area contributed by atoms with E-state index in [9.17, 15) is 19.5 Å². The topological polar surface area (TPSA) is 114 Å². The number of carboxylic acid groups (broad SMARTS) is 1. The number of aliphatic carboxylic acids is 1. The number of carbonyl (C=O) groups excluding carboxylic acids is 2. The quantitative estimate of drug-likeness (QED) is 0.600. The second-order valence-corrected chi connectivity index (χ2v) is 5.49. The molecule has 2 unspecified atom stereocenters. The van der Waals surface area contributed by atoms with Crippen LogP contribution in [0.5, 0.6) is 0 Å². The lowest BCUT2D eigenvalue weighted by molar-refractivity contribution is -0.144. The van der Waals surface area contributed by atoms with Gasteiger partial charge in [0.15, 0.2) is 5.54 Å². The van der Waals surface area contributed by atoms with Crippen LogP contribution in [0.3, 0.4) is 0 Å². The molecule has 21 heavy (non-hydrogen) atoms. The Morgan fingerprint density at radius 3 is 2.48 bits per heavy atom. The third-order valence-electron chi connectivity index (χ3n) is 3.28. The number of carbonyl (C=O) groups is 3. The molecule has 0 spiro atoms. The molecule has 1 rings (SSSR count). The summed E-state index contributed by atoms with van der Waals surface area (Å²) in [5.41, 5.74) is -1.44. The zero-order valence-corrected chi connectivity index (χ0v) is 12.5. The zero-order chi connectivity index (χ0) is 16.0. The molecule has 0 aromatic heterocycles. The van der Waals surface area contributed by atoms with Crippen LogP contribution < -0.4 is 10.6 Å². The van der Waals surface area contributed by atoms with E-state index >= 15 is 0 Å². The smallest absolute Gasteiger partial charge is 0.332 e. The third kappa shape index (κ3) is 4.59. The number of hydrogen-bond donors (Lipinski definition) is 3. The van der Waals surface area contributed by atoms with Crippen molar-refractivity contribution in [2.75, 3.05) is 20.3 Å². The molecule has 0 radical (unpaired) electrons. The van der Waals surface area contributed by atoms with Crippen LogP contribution in [0.4, 0.5) is 4.79 Å². The first-order chi connectivity index (χ1) is 9.80. The van der Waals surface area contributed by atoms with Crippen LogP contribution >= 0.6 is 0 Å². The molecule has 8 heteroatoms. The Morgan fingerprint density at radius 2 is 2.05 bits per heavy atom. The average Bonchev–Trinajstić information content (AvgIpc) is 2.86. The van der Waals surface area contributed by atoms with Crippen LogP contribution in [-0.2, 0) is 19.1 Å². The monoisotopic (exact) mass is 302 g/mol. The van der Waals surface area contributed by atoms with Gasteiger partial charge in [0.25, 0.3) is 0 Å². The molecule has 0 bridgehead atoms. The predicted octanol–water partition coefficient (Wildman–Crippen LogP) is 0.117. The molecule has 1 saturated heterocycles. The summed E-state index contributed by atoms with van der Waals surface area (Å²) in [5, 5.41) is 14.1. The fourth-order valence-corrected chi connectivity index (χ4v) is 2.13. The minimum atomic E-state index is -1.44. The van der Waals surface area contributed by atoms with Gasteiger partial charge in [-0.3, -0.25) is 0 Å². The Balaban J connectivity index is 2.68. The van der Waals surface area contributed by atoms with Gasteiger partial charge in [-0.05, 0) is 12.3 Å². The zero-order valence-electron chi connectivity index (χ0n) is 12.5. The highest BCUT2D eigenvalue weighted by Gasteiger charge is 2.44. The van der Waals surface area contributed by atoms with Crippen molar-refractivity contribution in [3.05, 3.63) is 0 Å². The van der Waals surface area contributed by atoms with Crippen molar-refractivity contribution in [3.8, 4) is 0 Å². The van der Waals surface area contributed by atoms with E-state index in [1.807, 2.05) is 13.8 Å². The van der Waals surface area contributed by atoms with E-state index in [0.717, 1.165) is 0 Å². The van der Waals surface area contributed by atoms with Crippen molar-refractivity contribution in [2.24, 2.45) is 5.92 Å². The van der Waals surface area contributed by atoms with Gasteiger partial charge >= 0.3 is 18.0 Å². The molecule has 1 heterocycles. The van der Waals surface area contributed by atoms with Crippen molar-refractivity contribution in [2.45, 2.75) is 38.3 Å². The summed E-state index contributed by atoms with van der Waals surface area (Å²) in [6, 6.07) is -1.54. The van der Waals surface area contributed by atoms with E-state index in [2.05, 4.69) is 15.4 Å². The number of rotatable bonds is 6. The number of ether oxygens (including phenoxy) is 2. The van der Waals surface area contributed by atoms with Gasteiger partial charge in [-0.25, -0.2) is 14.4 Å². The number of amides is 2. The molecule has 0 saturated carbocycles. The molecule has 3 N–H and O–H groups in total. The Morgan fingerprint density at radius 1 is 1.38 bits per heavy atom. The molecular weight excluding hydrogens is 280 g/mol. The van der Waals surface area contributed by atoms with Crippen molar-refractivity contribution in [1.82, 2.24) is 10.6 Å². The molecular formula is C13H22N2O6. The van der Waals surface area contributed by atoms with Crippen LogP contribution in [-0.4, -0.2) is 55.0 Å². The highest BCUT2D eigenvalue weighted by molar-refractivity contribution is 5.89. The molecule has 8 nitrogen and oxygen atoms in total. The Hall–Kier alpha value is -1.83. The summed E-state index contributed by atoms with van der Waals surface area (Å²) in [5.74, 6) is -1.56. The molecule has 0 aromatic rings. The van der Waals surface area contributed by atoms with Gasteiger partial charge in [0.1, 0.15) is 6.04 Å². The lowest BCUT2D eigenvalue weighted by atomic mass is 9.99. The van der Waals surface area contributed by atoms with Crippen molar-refractivity contribution >= 4 is 18.0 Å². The maximum absolute atomic E-state index is 12.0. The summed E-state index contributed by atoms with van der Waals surface area (Å²) in [4.78, 5) is 34.9. The molecule has 120 valence electrons. The average molecular weight is 302 g/mol. The Bertz CT molecular complexity index is 403. The van der Waals surface area contributed by atoms with Gasteiger partial charge in [0.2, 0.25) is 0 Å². The fourth-order valence-electron chi connectivity index (χ4n) is 2.13. The normalized spacial score (nSPS) is 22.7.